The number of amides is 1. The van der Waals surface area contributed by atoms with Gasteiger partial charge in [0.05, 0.1) is 22.3 Å². The number of nitrogens with zero attached hydrogens (tertiary/aromatic N) is 2. The van der Waals surface area contributed by atoms with E-state index >= 15 is 0 Å². The van der Waals surface area contributed by atoms with Crippen LogP contribution in [0.2, 0.25) is 5.02 Å². The topological polar surface area (TPSA) is 64.0 Å². The molecule has 4 rings (SSSR count). The van der Waals surface area contributed by atoms with Gasteiger partial charge < -0.3 is 5.32 Å². The Balaban J connectivity index is 1.60. The molecule has 3 aromatic carbocycles. The highest BCUT2D eigenvalue weighted by atomic mass is 35.5. The van der Waals surface area contributed by atoms with Gasteiger partial charge in [0.15, 0.2) is 5.16 Å². The van der Waals surface area contributed by atoms with Crippen molar-refractivity contribution in [1.82, 2.24) is 14.9 Å². The van der Waals surface area contributed by atoms with Gasteiger partial charge in [-0.3, -0.25) is 14.2 Å². The van der Waals surface area contributed by atoms with Crippen LogP contribution in [-0.4, -0.2) is 21.2 Å². The van der Waals surface area contributed by atoms with Crippen LogP contribution >= 0.6 is 23.4 Å². The third-order valence-corrected chi connectivity index (χ3v) is 6.08. The summed E-state index contributed by atoms with van der Waals surface area (Å²) in [5, 5.41) is 4.21. The predicted octanol–water partition coefficient (Wildman–Crippen LogP) is 4.90. The number of aromatic nitrogens is 2. The molecule has 1 aromatic heterocycles. The maximum atomic E-state index is 14.2. The molecule has 1 N–H and O–H groups in total. The zero-order chi connectivity index (χ0) is 22.7. The van der Waals surface area contributed by atoms with Crippen molar-refractivity contribution in [1.29, 1.82) is 0 Å². The highest BCUT2D eigenvalue weighted by Gasteiger charge is 2.15. The number of hydrogen-bond donors (Lipinski definition) is 1. The third kappa shape index (κ3) is 4.84. The molecule has 0 saturated heterocycles. The zero-order valence-electron chi connectivity index (χ0n) is 17.1. The Hall–Kier alpha value is -3.16. The van der Waals surface area contributed by atoms with Crippen molar-refractivity contribution < 1.29 is 9.18 Å². The minimum atomic E-state index is -0.417. The second-order valence-electron chi connectivity index (χ2n) is 7.18. The molecule has 0 spiro atoms. The second-order valence-corrected chi connectivity index (χ2v) is 8.56. The fourth-order valence-corrected chi connectivity index (χ4v) is 4.11. The SMILES string of the molecule is Cc1ccc(-n2c(SCC(=O)NCc3ccc(Cl)cc3)nc3ccccc3c2=O)cc1F. The molecule has 0 aliphatic carbocycles. The standard InChI is InChI=1S/C24H19ClFN3O2S/c1-15-6-11-18(12-20(15)26)29-23(31)19-4-2-3-5-21(19)28-24(29)32-14-22(30)27-13-16-7-9-17(25)10-8-16/h2-12H,13-14H2,1H3,(H,27,30). The number of halogens is 2. The molecule has 0 aliphatic rings. The summed E-state index contributed by atoms with van der Waals surface area (Å²) >= 11 is 7.00. The molecule has 32 heavy (non-hydrogen) atoms. The number of rotatable bonds is 6. The summed E-state index contributed by atoms with van der Waals surface area (Å²) in [6, 6.07) is 18.7. The van der Waals surface area contributed by atoms with E-state index < -0.39 is 5.82 Å². The lowest BCUT2D eigenvalue weighted by atomic mass is 10.2. The van der Waals surface area contributed by atoms with Gasteiger partial charge in [0.1, 0.15) is 5.82 Å². The van der Waals surface area contributed by atoms with E-state index in [4.69, 9.17) is 11.6 Å². The number of hydrogen-bond acceptors (Lipinski definition) is 4. The average molecular weight is 468 g/mol. The molecule has 162 valence electrons. The van der Waals surface area contributed by atoms with Crippen LogP contribution < -0.4 is 10.9 Å². The third-order valence-electron chi connectivity index (χ3n) is 4.89. The maximum absolute atomic E-state index is 14.2. The van der Waals surface area contributed by atoms with Gasteiger partial charge in [0, 0.05) is 11.6 Å². The smallest absolute Gasteiger partial charge is 0.266 e. The molecule has 0 bridgehead atoms. The number of benzene rings is 3. The second kappa shape index (κ2) is 9.54. The summed E-state index contributed by atoms with van der Waals surface area (Å²) in [5.74, 6) is -0.583. The summed E-state index contributed by atoms with van der Waals surface area (Å²) in [7, 11) is 0. The van der Waals surface area contributed by atoms with Crippen molar-refractivity contribution in [2.24, 2.45) is 0 Å². The number of aryl methyl sites for hydroxylation is 1. The van der Waals surface area contributed by atoms with Crippen molar-refractivity contribution in [2.45, 2.75) is 18.6 Å². The van der Waals surface area contributed by atoms with Gasteiger partial charge in [-0.15, -0.1) is 0 Å². The number of nitrogens with one attached hydrogen (secondary N) is 1. The number of carbonyl (C=O) groups is 1. The number of carbonyl (C=O) groups excluding carboxylic acids is 1. The largest absolute Gasteiger partial charge is 0.351 e. The van der Waals surface area contributed by atoms with Crippen molar-refractivity contribution in [2.75, 3.05) is 5.75 Å². The van der Waals surface area contributed by atoms with Crippen molar-refractivity contribution >= 4 is 40.2 Å². The Morgan fingerprint density at radius 1 is 1.12 bits per heavy atom. The molecule has 1 amide bonds. The number of fused-ring (bicyclic) bond motifs is 1. The summed E-state index contributed by atoms with van der Waals surface area (Å²) in [6.45, 7) is 2.01. The van der Waals surface area contributed by atoms with E-state index in [0.717, 1.165) is 17.3 Å². The molecule has 8 heteroatoms. The molecule has 0 radical (unpaired) electrons. The van der Waals surface area contributed by atoms with E-state index in [1.807, 2.05) is 12.1 Å². The first-order chi connectivity index (χ1) is 15.4. The highest BCUT2D eigenvalue weighted by molar-refractivity contribution is 7.99. The first-order valence-electron chi connectivity index (χ1n) is 9.84. The van der Waals surface area contributed by atoms with Crippen molar-refractivity contribution in [3.05, 3.63) is 99.1 Å². The minimum absolute atomic E-state index is 0.0483. The molecule has 4 aromatic rings. The first kappa shape index (κ1) is 22.0. The van der Waals surface area contributed by atoms with E-state index in [2.05, 4.69) is 10.3 Å². The van der Waals surface area contributed by atoms with Crippen LogP contribution in [0.1, 0.15) is 11.1 Å². The van der Waals surface area contributed by atoms with Crippen LogP contribution in [0.3, 0.4) is 0 Å². The van der Waals surface area contributed by atoms with E-state index in [0.29, 0.717) is 38.9 Å². The van der Waals surface area contributed by atoms with Crippen LogP contribution in [0, 0.1) is 12.7 Å². The van der Waals surface area contributed by atoms with E-state index in [9.17, 15) is 14.0 Å². The van der Waals surface area contributed by atoms with Gasteiger partial charge in [-0.1, -0.05) is 53.7 Å². The number of para-hydroxylation sites is 1. The Labute approximate surface area is 193 Å². The molecule has 5 nitrogen and oxygen atoms in total. The van der Waals surface area contributed by atoms with Crippen LogP contribution in [0.15, 0.2) is 76.7 Å². The van der Waals surface area contributed by atoms with Crippen LogP contribution in [0.5, 0.6) is 0 Å². The Morgan fingerprint density at radius 2 is 1.88 bits per heavy atom. The van der Waals surface area contributed by atoms with Gasteiger partial charge in [0.25, 0.3) is 5.56 Å². The van der Waals surface area contributed by atoms with Gasteiger partial charge in [-0.25, -0.2) is 9.37 Å². The zero-order valence-corrected chi connectivity index (χ0v) is 18.7. The van der Waals surface area contributed by atoms with E-state index in [1.165, 1.54) is 10.6 Å². The molecule has 0 aliphatic heterocycles. The Kier molecular flexibility index (Phi) is 6.58. The lowest BCUT2D eigenvalue weighted by Crippen LogP contribution is -2.26. The highest BCUT2D eigenvalue weighted by Crippen LogP contribution is 2.22. The first-order valence-corrected chi connectivity index (χ1v) is 11.2. The minimum Gasteiger partial charge on any atom is -0.351 e. The van der Waals surface area contributed by atoms with Gasteiger partial charge in [-0.05, 0) is 54.4 Å². The molecule has 0 atom stereocenters. The molecule has 0 fully saturated rings. The summed E-state index contributed by atoms with van der Waals surface area (Å²) < 4.78 is 15.6. The molecule has 0 unspecified atom stereocenters. The quantitative estimate of drug-likeness (QED) is 0.324. The fourth-order valence-electron chi connectivity index (χ4n) is 3.14. The predicted molar refractivity (Wildman–Crippen MR) is 126 cm³/mol. The lowest BCUT2D eigenvalue weighted by molar-refractivity contribution is -0.118. The van der Waals surface area contributed by atoms with Crippen LogP contribution in [0.4, 0.5) is 4.39 Å². The van der Waals surface area contributed by atoms with Crippen LogP contribution in [-0.2, 0) is 11.3 Å². The van der Waals surface area contributed by atoms with Gasteiger partial charge in [0.2, 0.25) is 5.91 Å². The fraction of sp³-hybridized carbons (Fsp3) is 0.125. The Bertz CT molecular complexity index is 1360. The average Bonchev–Trinajstić information content (AvgIpc) is 2.79. The number of thioether (sulfide) groups is 1. The monoisotopic (exact) mass is 467 g/mol. The maximum Gasteiger partial charge on any atom is 0.266 e. The Morgan fingerprint density at radius 3 is 2.62 bits per heavy atom. The van der Waals surface area contributed by atoms with Gasteiger partial charge in [-0.2, -0.15) is 0 Å². The van der Waals surface area contributed by atoms with Crippen molar-refractivity contribution in [3.63, 3.8) is 0 Å². The van der Waals surface area contributed by atoms with E-state index in [-0.39, 0.29) is 17.2 Å². The van der Waals surface area contributed by atoms with Gasteiger partial charge >= 0.3 is 0 Å². The molecular formula is C24H19ClFN3O2S. The molecule has 0 saturated carbocycles. The summed E-state index contributed by atoms with van der Waals surface area (Å²) in [6.07, 6.45) is 0. The lowest BCUT2D eigenvalue weighted by Gasteiger charge is -2.14. The molecule has 1 heterocycles. The van der Waals surface area contributed by atoms with Crippen LogP contribution in [0.25, 0.3) is 16.6 Å². The molecular weight excluding hydrogens is 449 g/mol. The van der Waals surface area contributed by atoms with E-state index in [1.54, 1.807) is 55.5 Å². The normalized spacial score (nSPS) is 11.0. The summed E-state index contributed by atoms with van der Waals surface area (Å²) in [5.41, 5.74) is 1.96. The van der Waals surface area contributed by atoms with Crippen molar-refractivity contribution in [3.8, 4) is 5.69 Å². The summed E-state index contributed by atoms with van der Waals surface area (Å²) in [4.78, 5) is 30.2.